The van der Waals surface area contributed by atoms with Crippen molar-refractivity contribution in [1.29, 1.82) is 0 Å². The Hall–Kier alpha value is -1.38. The van der Waals surface area contributed by atoms with Crippen LogP contribution in [0.3, 0.4) is 0 Å². The molecule has 0 aliphatic carbocycles. The van der Waals surface area contributed by atoms with E-state index in [0.717, 1.165) is 0 Å². The van der Waals surface area contributed by atoms with Crippen LogP contribution < -0.4 is 5.73 Å². The number of aromatic nitrogens is 1. The predicted molar refractivity (Wildman–Crippen MR) is 45.0 cm³/mol. The number of ketones is 1. The highest BCUT2D eigenvalue weighted by Crippen LogP contribution is 1.89. The molecule has 0 radical (unpaired) electrons. The third-order valence-electron chi connectivity index (χ3n) is 0.688. The van der Waals surface area contributed by atoms with Gasteiger partial charge in [0, 0.05) is 6.20 Å². The summed E-state index contributed by atoms with van der Waals surface area (Å²) in [6.07, 6.45) is 1.66. The van der Waals surface area contributed by atoms with E-state index in [1.165, 1.54) is 13.8 Å². The lowest BCUT2D eigenvalue weighted by Crippen LogP contribution is -1.85. The first-order valence-electron chi connectivity index (χ1n) is 3.26. The minimum Gasteiger partial charge on any atom is -0.384 e. The van der Waals surface area contributed by atoms with E-state index in [2.05, 4.69) is 4.98 Å². The van der Waals surface area contributed by atoms with Gasteiger partial charge in [0.15, 0.2) is 0 Å². The monoisotopic (exact) mass is 152 g/mol. The average Bonchev–Trinajstić information content (AvgIpc) is 1.87. The molecule has 0 aliphatic heterocycles. The molecule has 0 spiro atoms. The zero-order chi connectivity index (χ0) is 8.69. The van der Waals surface area contributed by atoms with Crippen molar-refractivity contribution in [3.63, 3.8) is 0 Å². The van der Waals surface area contributed by atoms with E-state index in [9.17, 15) is 4.79 Å². The Morgan fingerprint density at radius 2 is 2.00 bits per heavy atom. The van der Waals surface area contributed by atoms with E-state index in [1.807, 2.05) is 12.1 Å². The molecule has 1 heterocycles. The van der Waals surface area contributed by atoms with E-state index in [-0.39, 0.29) is 5.78 Å². The summed E-state index contributed by atoms with van der Waals surface area (Å²) in [7, 11) is 0. The zero-order valence-corrected chi connectivity index (χ0v) is 6.74. The number of hydrogen-bond donors (Lipinski definition) is 1. The molecular weight excluding hydrogens is 140 g/mol. The lowest BCUT2D eigenvalue weighted by Gasteiger charge is -1.82. The Morgan fingerprint density at radius 1 is 1.45 bits per heavy atom. The molecule has 60 valence electrons. The summed E-state index contributed by atoms with van der Waals surface area (Å²) >= 11 is 0. The summed E-state index contributed by atoms with van der Waals surface area (Å²) in [5.74, 6) is 0.738. The number of nitrogens with two attached hydrogens (primary N) is 1. The number of Topliss-reactive ketones (excluding diaryl/α,β-unsaturated/α-hetero) is 1. The number of nitrogens with zero attached hydrogens (tertiary/aromatic N) is 1. The predicted octanol–water partition coefficient (Wildman–Crippen LogP) is 1.26. The van der Waals surface area contributed by atoms with Gasteiger partial charge in [-0.15, -0.1) is 0 Å². The molecular formula is C8H12N2O. The largest absolute Gasteiger partial charge is 0.384 e. The van der Waals surface area contributed by atoms with Crippen molar-refractivity contribution in [2.24, 2.45) is 0 Å². The van der Waals surface area contributed by atoms with Crippen LogP contribution >= 0.6 is 0 Å². The summed E-state index contributed by atoms with van der Waals surface area (Å²) in [6.45, 7) is 3.06. The van der Waals surface area contributed by atoms with Crippen molar-refractivity contribution < 1.29 is 4.79 Å². The Kier molecular flexibility index (Phi) is 4.73. The maximum atomic E-state index is 9.44. The Morgan fingerprint density at radius 3 is 2.18 bits per heavy atom. The first-order chi connectivity index (χ1) is 5.13. The average molecular weight is 152 g/mol. The minimum atomic E-state index is 0.167. The molecule has 3 nitrogen and oxygen atoms in total. The normalized spacial score (nSPS) is 7.82. The fourth-order valence-electron chi connectivity index (χ4n) is 0.376. The van der Waals surface area contributed by atoms with Gasteiger partial charge < -0.3 is 10.5 Å². The number of pyridine rings is 1. The molecule has 0 bridgehead atoms. The van der Waals surface area contributed by atoms with E-state index in [1.54, 1.807) is 12.3 Å². The molecule has 0 fully saturated rings. The molecule has 0 saturated heterocycles. The third kappa shape index (κ3) is 8.62. The highest BCUT2D eigenvalue weighted by atomic mass is 16.1. The standard InChI is InChI=1S/C5H6N2.C3H6O/c6-5-3-1-2-4-7-5;1-3(2)4/h1-4H,(H2,6,7);1-2H3. The lowest BCUT2D eigenvalue weighted by molar-refractivity contribution is -0.114. The highest BCUT2D eigenvalue weighted by molar-refractivity contribution is 5.72. The number of hydrogen-bond acceptors (Lipinski definition) is 3. The Labute approximate surface area is 66.3 Å². The highest BCUT2D eigenvalue weighted by Gasteiger charge is 1.73. The van der Waals surface area contributed by atoms with Crippen LogP contribution in [-0.2, 0) is 4.79 Å². The third-order valence-corrected chi connectivity index (χ3v) is 0.688. The van der Waals surface area contributed by atoms with Crippen LogP contribution in [0.5, 0.6) is 0 Å². The van der Waals surface area contributed by atoms with Crippen molar-refractivity contribution in [1.82, 2.24) is 4.98 Å². The lowest BCUT2D eigenvalue weighted by atomic mass is 10.5. The van der Waals surface area contributed by atoms with Gasteiger partial charge in [-0.1, -0.05) is 6.07 Å². The molecule has 1 aromatic heterocycles. The molecule has 1 aromatic rings. The van der Waals surface area contributed by atoms with Crippen molar-refractivity contribution in [3.8, 4) is 0 Å². The maximum absolute atomic E-state index is 9.44. The van der Waals surface area contributed by atoms with Crippen molar-refractivity contribution in [2.75, 3.05) is 5.73 Å². The Bertz CT molecular complexity index is 205. The first-order valence-corrected chi connectivity index (χ1v) is 3.26. The topological polar surface area (TPSA) is 56.0 Å². The van der Waals surface area contributed by atoms with Crippen molar-refractivity contribution >= 4 is 11.6 Å². The smallest absolute Gasteiger partial charge is 0.126 e. The van der Waals surface area contributed by atoms with Gasteiger partial charge in [0.05, 0.1) is 0 Å². The van der Waals surface area contributed by atoms with Crippen LogP contribution in [0.15, 0.2) is 24.4 Å². The molecule has 11 heavy (non-hydrogen) atoms. The molecule has 0 atom stereocenters. The van der Waals surface area contributed by atoms with E-state index in [0.29, 0.717) is 5.82 Å². The number of carbonyl (C=O) groups excluding carboxylic acids is 1. The van der Waals surface area contributed by atoms with E-state index < -0.39 is 0 Å². The van der Waals surface area contributed by atoms with Crippen LogP contribution in [0.4, 0.5) is 5.82 Å². The first kappa shape index (κ1) is 9.62. The molecule has 0 unspecified atom stereocenters. The van der Waals surface area contributed by atoms with Gasteiger partial charge in [-0.05, 0) is 26.0 Å². The fraction of sp³-hybridized carbons (Fsp3) is 0.250. The Balaban J connectivity index is 0.000000218. The molecule has 0 aromatic carbocycles. The molecule has 3 heteroatoms. The summed E-state index contributed by atoms with van der Waals surface area (Å²) in [4.78, 5) is 13.2. The van der Waals surface area contributed by atoms with Crippen molar-refractivity contribution in [3.05, 3.63) is 24.4 Å². The van der Waals surface area contributed by atoms with Gasteiger partial charge in [0.1, 0.15) is 11.6 Å². The number of anilines is 1. The quantitative estimate of drug-likeness (QED) is 0.608. The molecule has 1 rings (SSSR count). The van der Waals surface area contributed by atoms with Crippen LogP contribution in [-0.4, -0.2) is 10.8 Å². The maximum Gasteiger partial charge on any atom is 0.126 e. The molecule has 0 amide bonds. The van der Waals surface area contributed by atoms with Crippen LogP contribution in [0.25, 0.3) is 0 Å². The van der Waals surface area contributed by atoms with Gasteiger partial charge in [0.25, 0.3) is 0 Å². The van der Waals surface area contributed by atoms with Gasteiger partial charge in [-0.3, -0.25) is 0 Å². The summed E-state index contributed by atoms with van der Waals surface area (Å²) in [5.41, 5.74) is 5.25. The fourth-order valence-corrected chi connectivity index (χ4v) is 0.376. The second kappa shape index (κ2) is 5.41. The summed E-state index contributed by atoms with van der Waals surface area (Å²) in [5, 5.41) is 0. The van der Waals surface area contributed by atoms with Gasteiger partial charge in [-0.25, -0.2) is 4.98 Å². The molecule has 2 N–H and O–H groups in total. The summed E-state index contributed by atoms with van der Waals surface area (Å²) in [6, 6.07) is 5.43. The second-order valence-electron chi connectivity index (χ2n) is 2.16. The second-order valence-corrected chi connectivity index (χ2v) is 2.16. The van der Waals surface area contributed by atoms with Gasteiger partial charge in [-0.2, -0.15) is 0 Å². The number of rotatable bonds is 0. The van der Waals surface area contributed by atoms with Crippen LogP contribution in [0, 0.1) is 0 Å². The van der Waals surface area contributed by atoms with Gasteiger partial charge >= 0.3 is 0 Å². The summed E-state index contributed by atoms with van der Waals surface area (Å²) < 4.78 is 0. The molecule has 0 saturated carbocycles. The minimum absolute atomic E-state index is 0.167. The number of nitrogen functional groups attached to an aromatic ring is 1. The van der Waals surface area contributed by atoms with Crippen LogP contribution in [0.1, 0.15) is 13.8 Å². The molecule has 0 aliphatic rings. The number of carbonyl (C=O) groups is 1. The SMILES string of the molecule is CC(C)=O.Nc1ccccn1. The van der Waals surface area contributed by atoms with Crippen molar-refractivity contribution in [2.45, 2.75) is 13.8 Å². The van der Waals surface area contributed by atoms with Gasteiger partial charge in [0.2, 0.25) is 0 Å². The van der Waals surface area contributed by atoms with Crippen LogP contribution in [0.2, 0.25) is 0 Å². The van der Waals surface area contributed by atoms with E-state index in [4.69, 9.17) is 5.73 Å². The zero-order valence-electron chi connectivity index (χ0n) is 6.74. The van der Waals surface area contributed by atoms with E-state index >= 15 is 0 Å².